The van der Waals surface area contributed by atoms with Gasteiger partial charge in [0.05, 0.1) is 19.1 Å². The summed E-state index contributed by atoms with van der Waals surface area (Å²) in [7, 11) is -0.393. The number of hydrogen-bond donors (Lipinski definition) is 2. The van der Waals surface area contributed by atoms with Crippen LogP contribution in [0.5, 0.6) is 5.75 Å². The van der Waals surface area contributed by atoms with Gasteiger partial charge in [-0.2, -0.15) is 0 Å². The first-order chi connectivity index (χ1) is 9.42. The van der Waals surface area contributed by atoms with Gasteiger partial charge in [0.2, 0.25) is 0 Å². The highest BCUT2D eigenvalue weighted by Gasteiger charge is 2.16. The molecular formula is C12H16N4O3S. The van der Waals surface area contributed by atoms with E-state index < -0.39 is 10.0 Å². The largest absolute Gasteiger partial charge is 0.495 e. The van der Waals surface area contributed by atoms with Gasteiger partial charge < -0.3 is 15.0 Å². The number of imidazole rings is 1. The van der Waals surface area contributed by atoms with Gasteiger partial charge in [0.15, 0.2) is 5.03 Å². The lowest BCUT2D eigenvalue weighted by Crippen LogP contribution is -2.23. The van der Waals surface area contributed by atoms with Crippen molar-refractivity contribution in [2.24, 2.45) is 7.05 Å². The Labute approximate surface area is 117 Å². The van der Waals surface area contributed by atoms with Gasteiger partial charge in [-0.3, -0.25) is 0 Å². The van der Waals surface area contributed by atoms with Crippen LogP contribution < -0.4 is 15.2 Å². The average molecular weight is 296 g/mol. The number of ether oxygens (including phenoxy) is 1. The molecule has 0 bridgehead atoms. The minimum Gasteiger partial charge on any atom is -0.495 e. The number of hydrogen-bond acceptors (Lipinski definition) is 5. The third-order valence-electron chi connectivity index (χ3n) is 2.72. The molecule has 8 heteroatoms. The number of nitrogen functional groups attached to an aromatic ring is 1. The molecule has 1 aromatic heterocycles. The van der Waals surface area contributed by atoms with Crippen LogP contribution in [0.2, 0.25) is 0 Å². The van der Waals surface area contributed by atoms with Crippen LogP contribution in [0, 0.1) is 0 Å². The van der Waals surface area contributed by atoms with Crippen molar-refractivity contribution in [3.63, 3.8) is 0 Å². The van der Waals surface area contributed by atoms with E-state index in [1.54, 1.807) is 29.8 Å². The van der Waals surface area contributed by atoms with E-state index >= 15 is 0 Å². The molecule has 0 aliphatic carbocycles. The molecular weight excluding hydrogens is 280 g/mol. The molecule has 2 rings (SSSR count). The van der Waals surface area contributed by atoms with Crippen molar-refractivity contribution in [1.29, 1.82) is 0 Å². The van der Waals surface area contributed by atoms with Crippen molar-refractivity contribution >= 4 is 15.7 Å². The van der Waals surface area contributed by atoms with Crippen LogP contribution in [0.1, 0.15) is 5.56 Å². The summed E-state index contributed by atoms with van der Waals surface area (Å²) in [6, 6.07) is 5.11. The average Bonchev–Trinajstić information content (AvgIpc) is 2.84. The van der Waals surface area contributed by atoms with Gasteiger partial charge in [-0.25, -0.2) is 18.1 Å². The normalized spacial score (nSPS) is 11.5. The van der Waals surface area contributed by atoms with Gasteiger partial charge in [0.1, 0.15) is 5.75 Å². The molecule has 0 fully saturated rings. The maximum absolute atomic E-state index is 12.0. The van der Waals surface area contributed by atoms with Crippen molar-refractivity contribution < 1.29 is 13.2 Å². The third kappa shape index (κ3) is 3.09. The number of rotatable bonds is 5. The van der Waals surface area contributed by atoms with Crippen molar-refractivity contribution in [3.05, 3.63) is 36.3 Å². The minimum atomic E-state index is -3.62. The second-order valence-electron chi connectivity index (χ2n) is 4.28. The molecule has 0 spiro atoms. The highest BCUT2D eigenvalue weighted by Crippen LogP contribution is 2.21. The van der Waals surface area contributed by atoms with Crippen molar-refractivity contribution in [1.82, 2.24) is 14.3 Å². The first-order valence-electron chi connectivity index (χ1n) is 5.82. The fourth-order valence-corrected chi connectivity index (χ4v) is 2.67. The summed E-state index contributed by atoms with van der Waals surface area (Å²) in [5.74, 6) is 0.557. The lowest BCUT2D eigenvalue weighted by atomic mass is 10.2. The Balaban J connectivity index is 2.10. The molecule has 0 amide bonds. The van der Waals surface area contributed by atoms with Gasteiger partial charge >= 0.3 is 0 Å². The van der Waals surface area contributed by atoms with E-state index in [1.807, 2.05) is 0 Å². The fraction of sp³-hybridized carbons (Fsp3) is 0.250. The third-order valence-corrected chi connectivity index (χ3v) is 4.00. The predicted octanol–water partition coefficient (Wildman–Crippen LogP) is 0.489. The number of nitrogens with zero attached hydrogens (tertiary/aromatic N) is 2. The van der Waals surface area contributed by atoms with Crippen molar-refractivity contribution in [2.45, 2.75) is 11.6 Å². The van der Waals surface area contributed by atoms with Crippen LogP contribution in [0.25, 0.3) is 0 Å². The molecule has 3 N–H and O–H groups in total. The summed E-state index contributed by atoms with van der Waals surface area (Å²) in [5.41, 5.74) is 6.97. The first-order valence-corrected chi connectivity index (χ1v) is 7.31. The number of benzene rings is 1. The summed E-state index contributed by atoms with van der Waals surface area (Å²) >= 11 is 0. The molecule has 0 atom stereocenters. The molecule has 0 aliphatic heterocycles. The number of anilines is 1. The zero-order valence-corrected chi connectivity index (χ0v) is 12.0. The quantitative estimate of drug-likeness (QED) is 0.782. The summed E-state index contributed by atoms with van der Waals surface area (Å²) in [4.78, 5) is 3.81. The van der Waals surface area contributed by atoms with Crippen LogP contribution in [0.4, 0.5) is 5.69 Å². The Hall–Kier alpha value is -2.06. The number of aromatic nitrogens is 2. The Morgan fingerprint density at radius 2 is 2.20 bits per heavy atom. The van der Waals surface area contributed by atoms with Gasteiger partial charge in [-0.05, 0) is 17.7 Å². The van der Waals surface area contributed by atoms with Crippen molar-refractivity contribution in [2.75, 3.05) is 12.8 Å². The molecule has 7 nitrogen and oxygen atoms in total. The molecule has 1 heterocycles. The summed E-state index contributed by atoms with van der Waals surface area (Å²) in [6.07, 6.45) is 2.87. The van der Waals surface area contributed by atoms with E-state index in [2.05, 4.69) is 9.71 Å². The minimum absolute atomic E-state index is 0.0125. The summed E-state index contributed by atoms with van der Waals surface area (Å²) in [6.45, 7) is 0.132. The topological polar surface area (TPSA) is 99.2 Å². The SMILES string of the molecule is COc1ccc(CNS(=O)(=O)c2cn(C)cn2)cc1N. The van der Waals surface area contributed by atoms with Crippen LogP contribution >= 0.6 is 0 Å². The van der Waals surface area contributed by atoms with E-state index in [1.165, 1.54) is 19.6 Å². The Morgan fingerprint density at radius 1 is 1.45 bits per heavy atom. The highest BCUT2D eigenvalue weighted by molar-refractivity contribution is 7.89. The lowest BCUT2D eigenvalue weighted by molar-refractivity contribution is 0.417. The monoisotopic (exact) mass is 296 g/mol. The van der Waals surface area contributed by atoms with Crippen LogP contribution in [-0.2, 0) is 23.6 Å². The molecule has 108 valence electrons. The van der Waals surface area contributed by atoms with Gasteiger partial charge in [-0.1, -0.05) is 6.07 Å². The highest BCUT2D eigenvalue weighted by atomic mass is 32.2. The van der Waals surface area contributed by atoms with Crippen LogP contribution in [-0.4, -0.2) is 25.1 Å². The van der Waals surface area contributed by atoms with E-state index in [0.717, 1.165) is 5.56 Å². The maximum Gasteiger partial charge on any atom is 0.259 e. The zero-order chi connectivity index (χ0) is 14.8. The first kappa shape index (κ1) is 14.4. The second kappa shape index (κ2) is 5.51. The number of sulfonamides is 1. The van der Waals surface area contributed by atoms with Crippen LogP contribution in [0.15, 0.2) is 35.7 Å². The van der Waals surface area contributed by atoms with Gasteiger partial charge in [-0.15, -0.1) is 0 Å². The van der Waals surface area contributed by atoms with E-state index in [-0.39, 0.29) is 11.6 Å². The Morgan fingerprint density at radius 3 is 2.75 bits per heavy atom. The molecule has 2 aromatic rings. The molecule has 0 radical (unpaired) electrons. The zero-order valence-electron chi connectivity index (χ0n) is 11.2. The molecule has 0 unspecified atom stereocenters. The van der Waals surface area contributed by atoms with E-state index in [4.69, 9.17) is 10.5 Å². The Bertz CT molecular complexity index is 709. The van der Waals surface area contributed by atoms with E-state index in [0.29, 0.717) is 11.4 Å². The molecule has 0 aliphatic rings. The Kier molecular flexibility index (Phi) is 3.96. The predicted molar refractivity (Wildman–Crippen MR) is 74.6 cm³/mol. The number of methoxy groups -OCH3 is 1. The lowest BCUT2D eigenvalue weighted by Gasteiger charge is -2.08. The number of nitrogens with two attached hydrogens (primary N) is 1. The molecule has 0 saturated heterocycles. The smallest absolute Gasteiger partial charge is 0.259 e. The summed E-state index contributed by atoms with van der Waals surface area (Å²) in [5, 5.41) is -0.0125. The molecule has 0 saturated carbocycles. The van der Waals surface area contributed by atoms with E-state index in [9.17, 15) is 8.42 Å². The number of nitrogens with one attached hydrogen (secondary N) is 1. The van der Waals surface area contributed by atoms with Gasteiger partial charge in [0.25, 0.3) is 10.0 Å². The standard InChI is InChI=1S/C12H16N4O3S/c1-16-7-12(14-8-16)20(17,18)15-6-9-3-4-11(19-2)10(13)5-9/h3-5,7-8,15H,6,13H2,1-2H3. The van der Waals surface area contributed by atoms with Crippen molar-refractivity contribution in [3.8, 4) is 5.75 Å². The van der Waals surface area contributed by atoms with Crippen LogP contribution in [0.3, 0.4) is 0 Å². The molecule has 20 heavy (non-hydrogen) atoms. The summed E-state index contributed by atoms with van der Waals surface area (Å²) < 4.78 is 33.0. The fourth-order valence-electron chi connectivity index (χ4n) is 1.67. The number of aryl methyl sites for hydroxylation is 1. The van der Waals surface area contributed by atoms with Gasteiger partial charge in [0, 0.05) is 19.8 Å². The maximum atomic E-state index is 12.0. The second-order valence-corrected chi connectivity index (χ2v) is 5.99. The molecule has 1 aromatic carbocycles.